The number of H-pyrrole nitrogens is 1. The molecular formula is C11H11ClN4O2. The molecule has 0 aliphatic carbocycles. The Morgan fingerprint density at radius 2 is 2.11 bits per heavy atom. The molecule has 18 heavy (non-hydrogen) atoms. The number of carbonyl (C=O) groups is 1. The lowest BCUT2D eigenvalue weighted by Gasteiger charge is -2.11. The van der Waals surface area contributed by atoms with Gasteiger partial charge >= 0.3 is 0 Å². The van der Waals surface area contributed by atoms with Crippen LogP contribution in [0, 0.1) is 13.8 Å². The highest BCUT2D eigenvalue weighted by atomic mass is 35.5. The van der Waals surface area contributed by atoms with Crippen LogP contribution in [0.15, 0.2) is 6.07 Å². The number of aryl methyl sites for hydroxylation is 1. The van der Waals surface area contributed by atoms with E-state index in [4.69, 9.17) is 17.3 Å². The highest BCUT2D eigenvalue weighted by Gasteiger charge is 2.22. The molecule has 1 aromatic carbocycles. The van der Waals surface area contributed by atoms with Crippen molar-refractivity contribution in [2.45, 2.75) is 13.8 Å². The minimum Gasteiger partial charge on any atom is -0.507 e. The van der Waals surface area contributed by atoms with Gasteiger partial charge in [0.15, 0.2) is 5.69 Å². The molecule has 2 rings (SSSR count). The van der Waals surface area contributed by atoms with Gasteiger partial charge in [0, 0.05) is 5.02 Å². The number of nitrogens with one attached hydrogen (secondary N) is 1. The molecule has 0 aliphatic rings. The van der Waals surface area contributed by atoms with Crippen LogP contribution in [0.3, 0.4) is 0 Å². The second-order valence-corrected chi connectivity index (χ2v) is 4.32. The minimum atomic E-state index is -0.727. The van der Waals surface area contributed by atoms with Crippen LogP contribution in [0.1, 0.15) is 21.6 Å². The number of phenolic OH excluding ortho intramolecular Hbond substituents is 1. The molecule has 0 atom stereocenters. The van der Waals surface area contributed by atoms with E-state index in [9.17, 15) is 9.90 Å². The summed E-state index contributed by atoms with van der Waals surface area (Å²) in [6.45, 7) is 3.42. The number of hydrogen-bond donors (Lipinski definition) is 3. The summed E-state index contributed by atoms with van der Waals surface area (Å²) in [7, 11) is 0. The van der Waals surface area contributed by atoms with E-state index in [2.05, 4.69) is 15.4 Å². The summed E-state index contributed by atoms with van der Waals surface area (Å²) in [6.07, 6.45) is 0. The third-order valence-electron chi connectivity index (χ3n) is 2.70. The fourth-order valence-corrected chi connectivity index (χ4v) is 1.99. The van der Waals surface area contributed by atoms with Gasteiger partial charge < -0.3 is 10.8 Å². The first-order chi connectivity index (χ1) is 8.43. The number of aromatic nitrogens is 3. The molecule has 4 N–H and O–H groups in total. The molecule has 0 spiro atoms. The first-order valence-corrected chi connectivity index (χ1v) is 5.51. The van der Waals surface area contributed by atoms with E-state index in [0.29, 0.717) is 21.7 Å². The summed E-state index contributed by atoms with van der Waals surface area (Å²) in [5.41, 5.74) is 6.91. The lowest BCUT2D eigenvalue weighted by molar-refractivity contribution is 0.0996. The summed E-state index contributed by atoms with van der Waals surface area (Å²) in [4.78, 5) is 11.2. The molecule has 1 amide bonds. The van der Waals surface area contributed by atoms with E-state index in [-0.39, 0.29) is 17.1 Å². The van der Waals surface area contributed by atoms with E-state index in [1.807, 2.05) is 0 Å². The van der Waals surface area contributed by atoms with Gasteiger partial charge in [-0.15, -0.1) is 0 Å². The molecule has 0 unspecified atom stereocenters. The Labute approximate surface area is 108 Å². The number of rotatable bonds is 2. The van der Waals surface area contributed by atoms with Gasteiger partial charge in [-0.3, -0.25) is 4.79 Å². The number of nitrogens with two attached hydrogens (primary N) is 1. The van der Waals surface area contributed by atoms with Gasteiger partial charge in [-0.05, 0) is 31.0 Å². The number of aromatic amines is 1. The van der Waals surface area contributed by atoms with Crippen LogP contribution in [0.5, 0.6) is 5.75 Å². The second-order valence-electron chi connectivity index (χ2n) is 3.91. The number of aromatic hydroxyl groups is 1. The zero-order chi connectivity index (χ0) is 13.4. The lowest BCUT2D eigenvalue weighted by Crippen LogP contribution is -2.13. The molecule has 0 bridgehead atoms. The molecule has 1 aromatic heterocycles. The van der Waals surface area contributed by atoms with Crippen molar-refractivity contribution in [2.75, 3.05) is 0 Å². The minimum absolute atomic E-state index is 0.00769. The maximum atomic E-state index is 11.2. The molecule has 94 valence electrons. The molecular weight excluding hydrogens is 256 g/mol. The number of halogens is 1. The maximum Gasteiger partial charge on any atom is 0.271 e. The number of primary amides is 1. The van der Waals surface area contributed by atoms with E-state index in [0.717, 1.165) is 0 Å². The van der Waals surface area contributed by atoms with Crippen molar-refractivity contribution in [3.63, 3.8) is 0 Å². The molecule has 7 heteroatoms. The Kier molecular flexibility index (Phi) is 2.96. The summed E-state index contributed by atoms with van der Waals surface area (Å²) < 4.78 is 0. The predicted molar refractivity (Wildman–Crippen MR) is 66.5 cm³/mol. The van der Waals surface area contributed by atoms with Crippen LogP contribution in [-0.2, 0) is 0 Å². The van der Waals surface area contributed by atoms with Crippen molar-refractivity contribution in [1.29, 1.82) is 0 Å². The van der Waals surface area contributed by atoms with E-state index >= 15 is 0 Å². The van der Waals surface area contributed by atoms with Crippen molar-refractivity contribution in [3.8, 4) is 17.0 Å². The zero-order valence-electron chi connectivity index (χ0n) is 9.78. The molecule has 0 fully saturated rings. The summed E-state index contributed by atoms with van der Waals surface area (Å²) in [5.74, 6) is -0.719. The van der Waals surface area contributed by atoms with Crippen LogP contribution in [0.2, 0.25) is 5.02 Å². The molecule has 2 aromatic rings. The smallest absolute Gasteiger partial charge is 0.271 e. The molecule has 6 nitrogen and oxygen atoms in total. The topological polar surface area (TPSA) is 105 Å². The first-order valence-electron chi connectivity index (χ1n) is 5.13. The normalized spacial score (nSPS) is 10.6. The Morgan fingerprint density at radius 3 is 2.72 bits per heavy atom. The fraction of sp³-hybridized carbons (Fsp3) is 0.182. The number of amides is 1. The summed E-state index contributed by atoms with van der Waals surface area (Å²) in [6, 6.07) is 1.64. The van der Waals surface area contributed by atoms with Gasteiger partial charge in [0.1, 0.15) is 11.4 Å². The van der Waals surface area contributed by atoms with Crippen LogP contribution in [0.25, 0.3) is 11.3 Å². The van der Waals surface area contributed by atoms with Crippen molar-refractivity contribution >= 4 is 17.5 Å². The summed E-state index contributed by atoms with van der Waals surface area (Å²) in [5, 5.41) is 20.4. The number of carbonyl (C=O) groups excluding carboxylic acids is 1. The summed E-state index contributed by atoms with van der Waals surface area (Å²) >= 11 is 6.05. The van der Waals surface area contributed by atoms with Gasteiger partial charge in [0.05, 0.1) is 5.56 Å². The van der Waals surface area contributed by atoms with Crippen molar-refractivity contribution in [2.24, 2.45) is 5.73 Å². The highest BCUT2D eigenvalue weighted by Crippen LogP contribution is 2.38. The number of nitrogens with zero attached hydrogens (tertiary/aromatic N) is 2. The van der Waals surface area contributed by atoms with Gasteiger partial charge in [-0.25, -0.2) is 0 Å². The molecule has 1 heterocycles. The van der Waals surface area contributed by atoms with E-state index < -0.39 is 5.91 Å². The zero-order valence-corrected chi connectivity index (χ0v) is 10.5. The van der Waals surface area contributed by atoms with E-state index in [1.54, 1.807) is 19.9 Å². The average Bonchev–Trinajstić information content (AvgIpc) is 2.76. The lowest BCUT2D eigenvalue weighted by atomic mass is 9.99. The first kappa shape index (κ1) is 12.4. The Hall–Kier alpha value is -2.08. The maximum absolute atomic E-state index is 11.2. The number of benzene rings is 1. The van der Waals surface area contributed by atoms with Gasteiger partial charge in [0.2, 0.25) is 0 Å². The largest absolute Gasteiger partial charge is 0.507 e. The standard InChI is InChI=1S/C11H11ClN4O2/c1-4-3-6(12)5(2)7(10(4)17)8-9(11(13)18)15-16-14-8/h3,17H,1-2H3,(H2,13,18)(H,14,15,16). The van der Waals surface area contributed by atoms with Gasteiger partial charge in [0.25, 0.3) is 5.91 Å². The third-order valence-corrected chi connectivity index (χ3v) is 3.10. The number of phenols is 1. The van der Waals surface area contributed by atoms with Crippen molar-refractivity contribution < 1.29 is 9.90 Å². The fourth-order valence-electron chi connectivity index (χ4n) is 1.73. The van der Waals surface area contributed by atoms with E-state index in [1.165, 1.54) is 0 Å². The SMILES string of the molecule is Cc1cc(Cl)c(C)c(-c2n[nH]nc2C(N)=O)c1O. The van der Waals surface area contributed by atoms with Crippen LogP contribution < -0.4 is 5.73 Å². The van der Waals surface area contributed by atoms with Crippen LogP contribution in [-0.4, -0.2) is 26.4 Å². The average molecular weight is 267 g/mol. The van der Waals surface area contributed by atoms with Crippen molar-refractivity contribution in [3.05, 3.63) is 27.9 Å². The number of hydrogen-bond acceptors (Lipinski definition) is 4. The van der Waals surface area contributed by atoms with Crippen LogP contribution in [0.4, 0.5) is 0 Å². The monoisotopic (exact) mass is 266 g/mol. The highest BCUT2D eigenvalue weighted by molar-refractivity contribution is 6.32. The van der Waals surface area contributed by atoms with Gasteiger partial charge in [-0.2, -0.15) is 15.4 Å². The van der Waals surface area contributed by atoms with Crippen molar-refractivity contribution in [1.82, 2.24) is 15.4 Å². The second kappa shape index (κ2) is 4.30. The van der Waals surface area contributed by atoms with Crippen LogP contribution >= 0.6 is 11.6 Å². The molecule has 0 aliphatic heterocycles. The molecule has 0 saturated carbocycles. The third kappa shape index (κ3) is 1.80. The van der Waals surface area contributed by atoms with Gasteiger partial charge in [-0.1, -0.05) is 11.6 Å². The Morgan fingerprint density at radius 1 is 1.44 bits per heavy atom. The molecule has 0 saturated heterocycles. The Bertz CT molecular complexity index is 610. The molecule has 0 radical (unpaired) electrons. The quantitative estimate of drug-likeness (QED) is 0.767. The predicted octanol–water partition coefficient (Wildman–Crippen LogP) is 1.55. The Balaban J connectivity index is 2.79.